The van der Waals surface area contributed by atoms with Gasteiger partial charge in [-0.05, 0) is 36.4 Å². The van der Waals surface area contributed by atoms with E-state index in [4.69, 9.17) is 32.7 Å². The van der Waals surface area contributed by atoms with Crippen LogP contribution in [0.3, 0.4) is 0 Å². The molecule has 2 rings (SSSR count). The van der Waals surface area contributed by atoms with Crippen LogP contribution in [-0.2, 0) is 4.79 Å². The lowest BCUT2D eigenvalue weighted by atomic mass is 10.1. The zero-order valence-corrected chi connectivity index (χ0v) is 14.1. The molecule has 2 aromatic rings. The molecular formula is C17H15Cl2NO3. The minimum Gasteiger partial charge on any atom is -0.496 e. The molecule has 0 bridgehead atoms. The third-order valence-electron chi connectivity index (χ3n) is 3.06. The van der Waals surface area contributed by atoms with Crippen LogP contribution in [-0.4, -0.2) is 20.1 Å². The Balaban J connectivity index is 2.18. The number of hydrogen-bond donors (Lipinski definition) is 1. The van der Waals surface area contributed by atoms with Crippen LogP contribution in [0.25, 0.3) is 6.08 Å². The fourth-order valence-electron chi connectivity index (χ4n) is 1.97. The molecule has 23 heavy (non-hydrogen) atoms. The topological polar surface area (TPSA) is 47.6 Å². The van der Waals surface area contributed by atoms with Gasteiger partial charge in [0.25, 0.3) is 0 Å². The number of benzene rings is 2. The molecule has 4 nitrogen and oxygen atoms in total. The summed E-state index contributed by atoms with van der Waals surface area (Å²) in [7, 11) is 3.11. The highest BCUT2D eigenvalue weighted by Crippen LogP contribution is 2.29. The number of carbonyl (C=O) groups excluding carboxylic acids is 1. The van der Waals surface area contributed by atoms with E-state index in [1.54, 1.807) is 50.6 Å². The van der Waals surface area contributed by atoms with Crippen molar-refractivity contribution >= 4 is 40.9 Å². The number of amides is 1. The van der Waals surface area contributed by atoms with E-state index in [1.807, 2.05) is 6.07 Å². The summed E-state index contributed by atoms with van der Waals surface area (Å²) in [6, 6.07) is 10.2. The van der Waals surface area contributed by atoms with Crippen molar-refractivity contribution in [1.82, 2.24) is 0 Å². The first-order valence-electron chi connectivity index (χ1n) is 6.70. The van der Waals surface area contributed by atoms with E-state index in [9.17, 15) is 4.79 Å². The Morgan fingerprint density at radius 1 is 1.09 bits per heavy atom. The zero-order chi connectivity index (χ0) is 16.8. The second-order valence-electron chi connectivity index (χ2n) is 4.52. The van der Waals surface area contributed by atoms with Crippen LogP contribution >= 0.6 is 23.2 Å². The Hall–Kier alpha value is -2.17. The molecule has 1 N–H and O–H groups in total. The molecule has 0 aliphatic rings. The molecule has 0 spiro atoms. The standard InChI is InChI=1S/C17H15Cl2NO3/c1-22-15-4-3-5-16(23-2)12(15)7-9-17(21)20-14-8-6-11(18)10-13(14)19/h3-10H,1-2H3,(H,20,21)/b9-7+. The van der Waals surface area contributed by atoms with E-state index in [1.165, 1.54) is 6.08 Å². The van der Waals surface area contributed by atoms with Crippen molar-refractivity contribution in [3.63, 3.8) is 0 Å². The molecular weight excluding hydrogens is 337 g/mol. The third kappa shape index (κ3) is 4.41. The number of halogens is 2. The molecule has 0 radical (unpaired) electrons. The van der Waals surface area contributed by atoms with Gasteiger partial charge in [-0.2, -0.15) is 0 Å². The van der Waals surface area contributed by atoms with Gasteiger partial charge in [0.05, 0.1) is 30.5 Å². The monoisotopic (exact) mass is 351 g/mol. The smallest absolute Gasteiger partial charge is 0.248 e. The van der Waals surface area contributed by atoms with Gasteiger partial charge in [-0.3, -0.25) is 4.79 Å². The van der Waals surface area contributed by atoms with Crippen LogP contribution < -0.4 is 14.8 Å². The van der Waals surface area contributed by atoms with Gasteiger partial charge >= 0.3 is 0 Å². The molecule has 2 aromatic carbocycles. The van der Waals surface area contributed by atoms with Crippen molar-refractivity contribution in [3.05, 3.63) is 58.1 Å². The van der Waals surface area contributed by atoms with E-state index in [2.05, 4.69) is 5.32 Å². The first-order chi connectivity index (χ1) is 11.0. The van der Waals surface area contributed by atoms with Crippen molar-refractivity contribution < 1.29 is 14.3 Å². The van der Waals surface area contributed by atoms with Crippen molar-refractivity contribution in [3.8, 4) is 11.5 Å². The molecule has 0 aliphatic heterocycles. The molecule has 0 fully saturated rings. The lowest BCUT2D eigenvalue weighted by Crippen LogP contribution is -2.08. The maximum atomic E-state index is 12.1. The second kappa shape index (κ2) is 7.90. The molecule has 120 valence electrons. The summed E-state index contributed by atoms with van der Waals surface area (Å²) in [4.78, 5) is 12.1. The Kier molecular flexibility index (Phi) is 5.90. The summed E-state index contributed by atoms with van der Waals surface area (Å²) < 4.78 is 10.5. The maximum Gasteiger partial charge on any atom is 0.248 e. The molecule has 6 heteroatoms. The summed E-state index contributed by atoms with van der Waals surface area (Å²) >= 11 is 11.8. The van der Waals surface area contributed by atoms with Gasteiger partial charge < -0.3 is 14.8 Å². The molecule has 0 aliphatic carbocycles. The van der Waals surface area contributed by atoms with Gasteiger partial charge in [-0.15, -0.1) is 0 Å². The van der Waals surface area contributed by atoms with Gasteiger partial charge in [-0.25, -0.2) is 0 Å². The first-order valence-corrected chi connectivity index (χ1v) is 7.46. The largest absolute Gasteiger partial charge is 0.496 e. The van der Waals surface area contributed by atoms with Crippen molar-refractivity contribution in [2.24, 2.45) is 0 Å². The fourth-order valence-corrected chi connectivity index (χ4v) is 2.42. The van der Waals surface area contributed by atoms with Gasteiger partial charge in [-0.1, -0.05) is 29.3 Å². The minimum absolute atomic E-state index is 0.331. The number of carbonyl (C=O) groups is 1. The van der Waals surface area contributed by atoms with Gasteiger partial charge in [0.1, 0.15) is 11.5 Å². The van der Waals surface area contributed by atoms with E-state index in [0.717, 1.165) is 0 Å². The molecule has 0 aromatic heterocycles. The number of anilines is 1. The molecule has 0 unspecified atom stereocenters. The number of rotatable bonds is 5. The van der Waals surface area contributed by atoms with Crippen LogP contribution in [0, 0.1) is 0 Å². The summed E-state index contributed by atoms with van der Waals surface area (Å²) in [6.07, 6.45) is 3.00. The Bertz CT molecular complexity index is 722. The molecule has 0 saturated carbocycles. The van der Waals surface area contributed by atoms with E-state index in [0.29, 0.717) is 32.8 Å². The maximum absolute atomic E-state index is 12.1. The van der Waals surface area contributed by atoms with Gasteiger partial charge in [0.15, 0.2) is 0 Å². The van der Waals surface area contributed by atoms with Crippen molar-refractivity contribution in [2.75, 3.05) is 19.5 Å². The highest BCUT2D eigenvalue weighted by molar-refractivity contribution is 6.36. The number of methoxy groups -OCH3 is 2. The minimum atomic E-state index is -0.331. The van der Waals surface area contributed by atoms with Crippen molar-refractivity contribution in [1.29, 1.82) is 0 Å². The van der Waals surface area contributed by atoms with Crippen LogP contribution in [0.15, 0.2) is 42.5 Å². The summed E-state index contributed by atoms with van der Waals surface area (Å²) in [5.74, 6) is 0.887. The van der Waals surface area contributed by atoms with Crippen molar-refractivity contribution in [2.45, 2.75) is 0 Å². The lowest BCUT2D eigenvalue weighted by molar-refractivity contribution is -0.111. The number of ether oxygens (including phenoxy) is 2. The average molecular weight is 352 g/mol. The molecule has 0 heterocycles. The Morgan fingerprint density at radius 2 is 1.74 bits per heavy atom. The Labute approximate surface area is 144 Å². The summed E-state index contributed by atoms with van der Waals surface area (Å²) in [6.45, 7) is 0. The third-order valence-corrected chi connectivity index (χ3v) is 3.60. The van der Waals surface area contributed by atoms with Crippen LogP contribution in [0.1, 0.15) is 5.56 Å². The fraction of sp³-hybridized carbons (Fsp3) is 0.118. The SMILES string of the molecule is COc1cccc(OC)c1/C=C/C(=O)Nc1ccc(Cl)cc1Cl. The van der Waals surface area contributed by atoms with Crippen LogP contribution in [0.2, 0.25) is 10.0 Å². The normalized spacial score (nSPS) is 10.6. The highest BCUT2D eigenvalue weighted by Gasteiger charge is 2.08. The molecule has 0 atom stereocenters. The van der Waals surface area contributed by atoms with E-state index < -0.39 is 0 Å². The highest BCUT2D eigenvalue weighted by atomic mass is 35.5. The predicted octanol–water partition coefficient (Wildman–Crippen LogP) is 4.66. The molecule has 1 amide bonds. The van der Waals surface area contributed by atoms with Crippen LogP contribution in [0.5, 0.6) is 11.5 Å². The summed E-state index contributed by atoms with van der Waals surface area (Å²) in [5, 5.41) is 3.56. The van der Waals surface area contributed by atoms with Gasteiger partial charge in [0.2, 0.25) is 5.91 Å². The first kappa shape index (κ1) is 17.2. The molecule has 0 saturated heterocycles. The average Bonchev–Trinajstić information content (AvgIpc) is 2.55. The van der Waals surface area contributed by atoms with Crippen LogP contribution in [0.4, 0.5) is 5.69 Å². The summed E-state index contributed by atoms with van der Waals surface area (Å²) in [5.41, 5.74) is 1.16. The number of nitrogens with one attached hydrogen (secondary N) is 1. The zero-order valence-electron chi connectivity index (χ0n) is 12.6. The number of hydrogen-bond acceptors (Lipinski definition) is 3. The quantitative estimate of drug-likeness (QED) is 0.796. The second-order valence-corrected chi connectivity index (χ2v) is 5.37. The van der Waals surface area contributed by atoms with Gasteiger partial charge in [0, 0.05) is 11.1 Å². The van der Waals surface area contributed by atoms with E-state index >= 15 is 0 Å². The van der Waals surface area contributed by atoms with E-state index in [-0.39, 0.29) is 5.91 Å². The Morgan fingerprint density at radius 3 is 2.30 bits per heavy atom. The lowest BCUT2D eigenvalue weighted by Gasteiger charge is -2.09. The predicted molar refractivity (Wildman–Crippen MR) is 93.7 cm³/mol.